The first kappa shape index (κ1) is 14.5. The number of nitrogens with one attached hydrogen (secondary N) is 1. The Bertz CT molecular complexity index is 762. The topological polar surface area (TPSA) is 55.1 Å². The van der Waals surface area contributed by atoms with Crippen LogP contribution < -0.4 is 5.32 Å². The number of amides is 1. The van der Waals surface area contributed by atoms with Crippen LogP contribution in [0.5, 0.6) is 0 Å². The second-order valence-electron chi connectivity index (χ2n) is 4.93. The first-order chi connectivity index (χ1) is 10.7. The van der Waals surface area contributed by atoms with E-state index in [1.54, 1.807) is 11.3 Å². The van der Waals surface area contributed by atoms with Crippen molar-refractivity contribution in [2.45, 2.75) is 13.3 Å². The molecule has 0 saturated carbocycles. The molecule has 4 nitrogen and oxygen atoms in total. The van der Waals surface area contributed by atoms with Gasteiger partial charge in [-0.2, -0.15) is 0 Å². The highest BCUT2D eigenvalue weighted by molar-refractivity contribution is 7.15. The number of oxazole rings is 1. The zero-order chi connectivity index (χ0) is 15.4. The fraction of sp³-hybridized carbons (Fsp3) is 0.176. The standard InChI is InChI=1S/C17H16N2O2S/c1-12-7-8-14(22-12)16-15(19-11-21-16)17(20)18-10-9-13-5-3-2-4-6-13/h2-8,11H,9-10H2,1H3,(H,18,20). The Balaban J connectivity index is 1.65. The van der Waals surface area contributed by atoms with Crippen LogP contribution in [0.3, 0.4) is 0 Å². The highest BCUT2D eigenvalue weighted by atomic mass is 32.1. The van der Waals surface area contributed by atoms with E-state index in [0.29, 0.717) is 18.0 Å². The lowest BCUT2D eigenvalue weighted by Crippen LogP contribution is -2.26. The minimum atomic E-state index is -0.203. The number of hydrogen-bond acceptors (Lipinski definition) is 4. The average Bonchev–Trinajstić information content (AvgIpc) is 3.16. The van der Waals surface area contributed by atoms with Gasteiger partial charge in [-0.3, -0.25) is 4.79 Å². The van der Waals surface area contributed by atoms with E-state index in [0.717, 1.165) is 11.3 Å². The molecule has 22 heavy (non-hydrogen) atoms. The summed E-state index contributed by atoms with van der Waals surface area (Å²) < 4.78 is 5.39. The van der Waals surface area contributed by atoms with Gasteiger partial charge in [0.25, 0.3) is 5.91 Å². The Morgan fingerprint density at radius 2 is 2.05 bits per heavy atom. The molecule has 0 radical (unpaired) electrons. The second kappa shape index (κ2) is 6.58. The van der Waals surface area contributed by atoms with Crippen molar-refractivity contribution in [3.05, 3.63) is 65.0 Å². The minimum Gasteiger partial charge on any atom is -0.442 e. The van der Waals surface area contributed by atoms with Gasteiger partial charge in [-0.15, -0.1) is 11.3 Å². The van der Waals surface area contributed by atoms with Crippen LogP contribution in [0.25, 0.3) is 10.6 Å². The molecule has 1 amide bonds. The van der Waals surface area contributed by atoms with Gasteiger partial charge in [-0.1, -0.05) is 30.3 Å². The van der Waals surface area contributed by atoms with Gasteiger partial charge in [-0.05, 0) is 31.0 Å². The number of nitrogens with zero attached hydrogens (tertiary/aromatic N) is 1. The van der Waals surface area contributed by atoms with Gasteiger partial charge in [0.15, 0.2) is 17.8 Å². The lowest BCUT2D eigenvalue weighted by atomic mass is 10.1. The van der Waals surface area contributed by atoms with Gasteiger partial charge >= 0.3 is 0 Å². The van der Waals surface area contributed by atoms with Crippen molar-refractivity contribution in [2.75, 3.05) is 6.54 Å². The number of benzene rings is 1. The second-order valence-corrected chi connectivity index (χ2v) is 6.22. The minimum absolute atomic E-state index is 0.203. The van der Waals surface area contributed by atoms with Crippen LogP contribution in [0, 0.1) is 6.92 Å². The molecule has 1 N–H and O–H groups in total. The first-order valence-electron chi connectivity index (χ1n) is 7.06. The molecule has 2 heterocycles. The molecule has 0 saturated heterocycles. The van der Waals surface area contributed by atoms with Crippen molar-refractivity contribution in [1.29, 1.82) is 0 Å². The molecule has 112 valence electrons. The van der Waals surface area contributed by atoms with Crippen LogP contribution in [0.2, 0.25) is 0 Å². The van der Waals surface area contributed by atoms with E-state index in [9.17, 15) is 4.79 Å². The van der Waals surface area contributed by atoms with E-state index in [1.807, 2.05) is 49.4 Å². The predicted octanol–water partition coefficient (Wildman–Crippen LogP) is 3.68. The molecule has 3 rings (SSSR count). The fourth-order valence-corrected chi connectivity index (χ4v) is 3.04. The summed E-state index contributed by atoms with van der Waals surface area (Å²) >= 11 is 1.58. The number of aryl methyl sites for hydroxylation is 1. The SMILES string of the molecule is Cc1ccc(-c2ocnc2C(=O)NCCc2ccccc2)s1. The van der Waals surface area contributed by atoms with Gasteiger partial charge in [0.1, 0.15) is 0 Å². The lowest BCUT2D eigenvalue weighted by Gasteiger charge is -2.04. The van der Waals surface area contributed by atoms with E-state index < -0.39 is 0 Å². The molecule has 0 aliphatic carbocycles. The number of aromatic nitrogens is 1. The number of hydrogen-bond donors (Lipinski definition) is 1. The van der Waals surface area contributed by atoms with E-state index >= 15 is 0 Å². The van der Waals surface area contributed by atoms with Gasteiger partial charge in [-0.25, -0.2) is 4.98 Å². The maximum Gasteiger partial charge on any atom is 0.273 e. The molecule has 0 spiro atoms. The summed E-state index contributed by atoms with van der Waals surface area (Å²) in [6.45, 7) is 2.59. The molecule has 0 unspecified atom stereocenters. The Morgan fingerprint density at radius 1 is 1.23 bits per heavy atom. The Labute approximate surface area is 132 Å². The van der Waals surface area contributed by atoms with Crippen molar-refractivity contribution in [2.24, 2.45) is 0 Å². The molecular formula is C17H16N2O2S. The van der Waals surface area contributed by atoms with Gasteiger partial charge < -0.3 is 9.73 Å². The van der Waals surface area contributed by atoms with Crippen LogP contribution in [0.1, 0.15) is 20.9 Å². The van der Waals surface area contributed by atoms with Crippen LogP contribution in [0.15, 0.2) is 53.3 Å². The zero-order valence-corrected chi connectivity index (χ0v) is 13.0. The molecular weight excluding hydrogens is 296 g/mol. The van der Waals surface area contributed by atoms with Crippen molar-refractivity contribution in [3.63, 3.8) is 0 Å². The van der Waals surface area contributed by atoms with Crippen LogP contribution in [0.4, 0.5) is 0 Å². The summed E-state index contributed by atoms with van der Waals surface area (Å²) in [7, 11) is 0. The molecule has 2 aromatic heterocycles. The quantitative estimate of drug-likeness (QED) is 0.782. The van der Waals surface area contributed by atoms with E-state index in [2.05, 4.69) is 10.3 Å². The normalized spacial score (nSPS) is 10.6. The third kappa shape index (κ3) is 3.26. The zero-order valence-electron chi connectivity index (χ0n) is 12.2. The molecule has 1 aromatic carbocycles. The summed E-state index contributed by atoms with van der Waals surface area (Å²) in [5.74, 6) is 0.334. The maximum absolute atomic E-state index is 12.3. The molecule has 0 aliphatic rings. The summed E-state index contributed by atoms with van der Waals surface area (Å²) in [5.41, 5.74) is 1.53. The lowest BCUT2D eigenvalue weighted by molar-refractivity contribution is 0.0950. The maximum atomic E-state index is 12.3. The first-order valence-corrected chi connectivity index (χ1v) is 7.88. The monoisotopic (exact) mass is 312 g/mol. The smallest absolute Gasteiger partial charge is 0.273 e. The third-order valence-electron chi connectivity index (χ3n) is 3.29. The molecule has 0 fully saturated rings. The summed E-state index contributed by atoms with van der Waals surface area (Å²) in [6, 6.07) is 14.0. The predicted molar refractivity (Wildman–Crippen MR) is 87.0 cm³/mol. The highest BCUT2D eigenvalue weighted by Crippen LogP contribution is 2.29. The van der Waals surface area contributed by atoms with Crippen molar-refractivity contribution in [1.82, 2.24) is 10.3 Å². The average molecular weight is 312 g/mol. The highest BCUT2D eigenvalue weighted by Gasteiger charge is 2.18. The molecule has 0 aliphatic heterocycles. The van der Waals surface area contributed by atoms with Gasteiger partial charge in [0, 0.05) is 11.4 Å². The van der Waals surface area contributed by atoms with Crippen molar-refractivity contribution >= 4 is 17.2 Å². The fourth-order valence-electron chi connectivity index (χ4n) is 2.19. The Morgan fingerprint density at radius 3 is 2.77 bits per heavy atom. The molecule has 0 atom stereocenters. The molecule has 3 aromatic rings. The number of carbonyl (C=O) groups excluding carboxylic acids is 1. The summed E-state index contributed by atoms with van der Waals surface area (Å²) in [5, 5.41) is 2.89. The van der Waals surface area contributed by atoms with Crippen LogP contribution in [-0.2, 0) is 6.42 Å². The number of rotatable bonds is 5. The Hall–Kier alpha value is -2.40. The van der Waals surface area contributed by atoms with Gasteiger partial charge in [0.05, 0.1) is 4.88 Å². The van der Waals surface area contributed by atoms with Crippen molar-refractivity contribution in [3.8, 4) is 10.6 Å². The largest absolute Gasteiger partial charge is 0.442 e. The van der Waals surface area contributed by atoms with Crippen LogP contribution in [-0.4, -0.2) is 17.4 Å². The van der Waals surface area contributed by atoms with E-state index in [-0.39, 0.29) is 5.91 Å². The number of carbonyl (C=O) groups is 1. The molecule has 0 bridgehead atoms. The Kier molecular flexibility index (Phi) is 4.34. The van der Waals surface area contributed by atoms with E-state index in [4.69, 9.17) is 4.42 Å². The van der Waals surface area contributed by atoms with Crippen molar-refractivity contribution < 1.29 is 9.21 Å². The van der Waals surface area contributed by atoms with Crippen LogP contribution >= 0.6 is 11.3 Å². The number of thiophene rings is 1. The van der Waals surface area contributed by atoms with Gasteiger partial charge in [0.2, 0.25) is 0 Å². The summed E-state index contributed by atoms with van der Waals surface area (Å²) in [6.07, 6.45) is 2.11. The molecule has 5 heteroatoms. The summed E-state index contributed by atoms with van der Waals surface area (Å²) in [4.78, 5) is 18.4. The third-order valence-corrected chi connectivity index (χ3v) is 4.29. The van der Waals surface area contributed by atoms with E-state index in [1.165, 1.54) is 16.8 Å².